The van der Waals surface area contributed by atoms with Crippen LogP contribution in [0.5, 0.6) is 11.6 Å². The second-order valence-corrected chi connectivity index (χ2v) is 8.91. The van der Waals surface area contributed by atoms with Crippen molar-refractivity contribution >= 4 is 26.7 Å². The Hall–Kier alpha value is -4.25. The van der Waals surface area contributed by atoms with Crippen molar-refractivity contribution < 1.29 is 17.7 Å². The van der Waals surface area contributed by atoms with E-state index in [0.717, 1.165) is 5.82 Å². The molecule has 0 atom stereocenters. The maximum absolute atomic E-state index is 12.6. The maximum Gasteiger partial charge on any atom is 0.238 e. The molecule has 0 fully saturated rings. The van der Waals surface area contributed by atoms with Gasteiger partial charge in [-0.15, -0.1) is 10.2 Å². The first-order valence-corrected chi connectivity index (χ1v) is 11.6. The number of nitrogens with one attached hydrogen (secondary N) is 1. The van der Waals surface area contributed by atoms with Crippen molar-refractivity contribution in [2.24, 2.45) is 0 Å². The number of rotatable bonds is 7. The third-order valence-corrected chi connectivity index (χ3v) is 6.03. The van der Waals surface area contributed by atoms with E-state index >= 15 is 0 Å². The second kappa shape index (κ2) is 8.36. The molecular weight excluding hydrogens is 444 g/mol. The van der Waals surface area contributed by atoms with Gasteiger partial charge in [0.25, 0.3) is 0 Å². The van der Waals surface area contributed by atoms with Gasteiger partial charge in [-0.3, -0.25) is 9.29 Å². The van der Waals surface area contributed by atoms with Gasteiger partial charge in [-0.25, -0.2) is 13.4 Å². The van der Waals surface area contributed by atoms with E-state index in [0.29, 0.717) is 39.8 Å². The highest BCUT2D eigenvalue weighted by atomic mass is 32.2. The lowest BCUT2D eigenvalue weighted by Gasteiger charge is -2.09. The molecule has 5 rings (SSSR count). The van der Waals surface area contributed by atoms with Gasteiger partial charge in [0.2, 0.25) is 15.9 Å². The van der Waals surface area contributed by atoms with E-state index in [2.05, 4.69) is 25.1 Å². The van der Waals surface area contributed by atoms with E-state index in [4.69, 9.17) is 9.26 Å². The van der Waals surface area contributed by atoms with E-state index in [-0.39, 0.29) is 5.75 Å². The first kappa shape index (κ1) is 20.6. The third-order valence-electron chi connectivity index (χ3n) is 4.83. The van der Waals surface area contributed by atoms with Crippen molar-refractivity contribution in [2.45, 2.75) is 12.7 Å². The predicted molar refractivity (Wildman–Crippen MR) is 121 cm³/mol. The first-order valence-electron chi connectivity index (χ1n) is 9.93. The lowest BCUT2D eigenvalue weighted by molar-refractivity contribution is 0.448. The number of para-hydroxylation sites is 1. The number of aryl methyl sites for hydroxylation is 1. The molecule has 0 saturated heterocycles. The quantitative estimate of drug-likeness (QED) is 0.387. The van der Waals surface area contributed by atoms with Gasteiger partial charge in [0.15, 0.2) is 11.4 Å². The SMILES string of the molecule is Cc1nccn1-c1ccc(Oc2ccc(NS(=O)(=O)Cc3noc4ccccc34)cc2)nn1. The fourth-order valence-electron chi connectivity index (χ4n) is 3.27. The number of nitrogens with zero attached hydrogens (tertiary/aromatic N) is 5. The molecule has 0 saturated carbocycles. The monoisotopic (exact) mass is 462 g/mol. The second-order valence-electron chi connectivity index (χ2n) is 7.19. The number of imidazole rings is 1. The van der Waals surface area contributed by atoms with Crippen LogP contribution in [0.15, 0.2) is 77.6 Å². The van der Waals surface area contributed by atoms with Gasteiger partial charge in [0.1, 0.15) is 23.0 Å². The maximum atomic E-state index is 12.6. The highest BCUT2D eigenvalue weighted by Gasteiger charge is 2.17. The number of anilines is 1. The molecule has 33 heavy (non-hydrogen) atoms. The molecule has 0 amide bonds. The molecule has 3 heterocycles. The molecule has 0 spiro atoms. The zero-order valence-corrected chi connectivity index (χ0v) is 18.2. The summed E-state index contributed by atoms with van der Waals surface area (Å²) in [7, 11) is -3.69. The number of aromatic nitrogens is 5. The minimum atomic E-state index is -3.69. The van der Waals surface area contributed by atoms with Crippen LogP contribution in [0.4, 0.5) is 5.69 Å². The average Bonchev–Trinajstić information content (AvgIpc) is 3.41. The van der Waals surface area contributed by atoms with Crippen molar-refractivity contribution in [2.75, 3.05) is 4.72 Å². The highest BCUT2D eigenvalue weighted by Crippen LogP contribution is 2.24. The molecule has 0 aliphatic rings. The standard InChI is InChI=1S/C22H18N6O4S/c1-15-23-12-13-28(15)21-10-11-22(25-24-21)31-17-8-6-16(7-9-17)27-33(29,30)14-19-18-4-2-3-5-20(18)32-26-19/h2-13,27H,14H2,1H3. The number of fused-ring (bicyclic) bond motifs is 1. The zero-order chi connectivity index (χ0) is 22.8. The van der Waals surface area contributed by atoms with Gasteiger partial charge in [0.05, 0.1) is 0 Å². The van der Waals surface area contributed by atoms with Crippen LogP contribution in [0.25, 0.3) is 16.8 Å². The number of sulfonamides is 1. The first-order chi connectivity index (χ1) is 16.0. The fraction of sp³-hybridized carbons (Fsp3) is 0.0909. The van der Waals surface area contributed by atoms with Crippen molar-refractivity contribution in [3.05, 3.63) is 84.6 Å². The number of hydrogen-bond acceptors (Lipinski definition) is 8. The Kier molecular flexibility index (Phi) is 5.23. The summed E-state index contributed by atoms with van der Waals surface area (Å²) in [6.45, 7) is 1.87. The van der Waals surface area contributed by atoms with Crippen LogP contribution < -0.4 is 9.46 Å². The normalized spacial score (nSPS) is 11.5. The molecule has 0 aliphatic heterocycles. The predicted octanol–water partition coefficient (Wildman–Crippen LogP) is 3.85. The Morgan fingerprint density at radius 2 is 1.85 bits per heavy atom. The van der Waals surface area contributed by atoms with E-state index in [1.165, 1.54) is 0 Å². The molecule has 1 N–H and O–H groups in total. The van der Waals surface area contributed by atoms with Gasteiger partial charge < -0.3 is 9.26 Å². The van der Waals surface area contributed by atoms with Crippen LogP contribution in [0, 0.1) is 6.92 Å². The van der Waals surface area contributed by atoms with E-state index < -0.39 is 10.0 Å². The average molecular weight is 462 g/mol. The molecule has 166 valence electrons. The van der Waals surface area contributed by atoms with Crippen LogP contribution in [0.1, 0.15) is 11.5 Å². The largest absolute Gasteiger partial charge is 0.438 e. The molecule has 11 heteroatoms. The van der Waals surface area contributed by atoms with Gasteiger partial charge in [0, 0.05) is 29.5 Å². The fourth-order valence-corrected chi connectivity index (χ4v) is 4.40. The minimum absolute atomic E-state index is 0.305. The Morgan fingerprint density at radius 1 is 1.03 bits per heavy atom. The molecule has 0 bridgehead atoms. The van der Waals surface area contributed by atoms with Crippen molar-refractivity contribution in [3.63, 3.8) is 0 Å². The van der Waals surface area contributed by atoms with Crippen molar-refractivity contribution in [3.8, 4) is 17.4 Å². The molecule has 5 aromatic rings. The number of hydrogen-bond donors (Lipinski definition) is 1. The van der Waals surface area contributed by atoms with E-state index in [1.807, 2.05) is 6.92 Å². The smallest absolute Gasteiger partial charge is 0.238 e. The molecule has 0 aliphatic carbocycles. The van der Waals surface area contributed by atoms with Gasteiger partial charge in [-0.05, 0) is 49.4 Å². The summed E-state index contributed by atoms with van der Waals surface area (Å²) in [6.07, 6.45) is 3.48. The number of ether oxygens (including phenoxy) is 1. The Morgan fingerprint density at radius 3 is 2.58 bits per heavy atom. The molecule has 0 unspecified atom stereocenters. The summed E-state index contributed by atoms with van der Waals surface area (Å²) >= 11 is 0. The van der Waals surface area contributed by atoms with Gasteiger partial charge in [-0.2, -0.15) is 0 Å². The summed E-state index contributed by atoms with van der Waals surface area (Å²) in [5.74, 6) is 1.92. The molecule has 2 aromatic carbocycles. The van der Waals surface area contributed by atoms with Crippen molar-refractivity contribution in [1.82, 2.24) is 24.9 Å². The summed E-state index contributed by atoms with van der Waals surface area (Å²) in [5, 5.41) is 12.8. The van der Waals surface area contributed by atoms with Crippen molar-refractivity contribution in [1.29, 1.82) is 0 Å². The van der Waals surface area contributed by atoms with Crippen LogP contribution in [-0.4, -0.2) is 33.3 Å². The van der Waals surface area contributed by atoms with Crippen LogP contribution in [0.2, 0.25) is 0 Å². The molecule has 0 radical (unpaired) electrons. The summed E-state index contributed by atoms with van der Waals surface area (Å²) in [5.41, 5.74) is 1.29. The summed E-state index contributed by atoms with van der Waals surface area (Å²) in [4.78, 5) is 4.16. The molecule has 10 nitrogen and oxygen atoms in total. The summed E-state index contributed by atoms with van der Waals surface area (Å²) < 4.78 is 40.4. The van der Waals surface area contributed by atoms with Crippen LogP contribution >= 0.6 is 0 Å². The topological polar surface area (TPSA) is 125 Å². The minimum Gasteiger partial charge on any atom is -0.438 e. The lowest BCUT2D eigenvalue weighted by Crippen LogP contribution is -2.15. The van der Waals surface area contributed by atoms with E-state index in [1.54, 1.807) is 77.6 Å². The van der Waals surface area contributed by atoms with E-state index in [9.17, 15) is 8.42 Å². The Labute approximate surface area is 188 Å². The zero-order valence-electron chi connectivity index (χ0n) is 17.4. The van der Waals surface area contributed by atoms with Gasteiger partial charge >= 0.3 is 0 Å². The number of benzene rings is 2. The highest BCUT2D eigenvalue weighted by molar-refractivity contribution is 7.91. The third kappa shape index (κ3) is 4.53. The van der Waals surface area contributed by atoms with Crippen LogP contribution in [-0.2, 0) is 15.8 Å². The Bertz CT molecular complexity index is 1510. The molecule has 3 aromatic heterocycles. The lowest BCUT2D eigenvalue weighted by atomic mass is 10.2. The van der Waals surface area contributed by atoms with Crippen LogP contribution in [0.3, 0.4) is 0 Å². The van der Waals surface area contributed by atoms with Gasteiger partial charge in [-0.1, -0.05) is 17.3 Å². The molecular formula is C22H18N6O4S. The Balaban J connectivity index is 1.24. The summed E-state index contributed by atoms with van der Waals surface area (Å²) in [6, 6.07) is 17.1.